The van der Waals surface area contributed by atoms with E-state index in [1.807, 2.05) is 6.92 Å². The third-order valence-electron chi connectivity index (χ3n) is 1.93. The summed E-state index contributed by atoms with van der Waals surface area (Å²) in [7, 11) is 0. The summed E-state index contributed by atoms with van der Waals surface area (Å²) in [5.74, 6) is -0.0949. The highest BCUT2D eigenvalue weighted by atomic mass is 19.1. The van der Waals surface area contributed by atoms with Gasteiger partial charge < -0.3 is 15.8 Å². The van der Waals surface area contributed by atoms with E-state index in [1.165, 1.54) is 18.2 Å². The van der Waals surface area contributed by atoms with Gasteiger partial charge in [0.2, 0.25) is 5.91 Å². The summed E-state index contributed by atoms with van der Waals surface area (Å²) >= 11 is 0. The Morgan fingerprint density at radius 3 is 2.94 bits per heavy atom. The Labute approximate surface area is 93.6 Å². The summed E-state index contributed by atoms with van der Waals surface area (Å²) < 4.78 is 18.0. The van der Waals surface area contributed by atoms with Crippen LogP contribution in [0.25, 0.3) is 0 Å². The number of hydrogen-bond donors (Lipinski definition) is 2. The lowest BCUT2D eigenvalue weighted by Gasteiger charge is -2.08. The fraction of sp³-hybridized carbons (Fsp3) is 0.364. The Hall–Kier alpha value is -1.78. The smallest absolute Gasteiger partial charge is 0.223 e. The number of ether oxygens (including phenoxy) is 1. The first kappa shape index (κ1) is 12.3. The molecule has 0 aromatic heterocycles. The number of rotatable bonds is 5. The summed E-state index contributed by atoms with van der Waals surface area (Å²) in [6.45, 7) is 2.66. The van der Waals surface area contributed by atoms with E-state index >= 15 is 0 Å². The van der Waals surface area contributed by atoms with Crippen molar-refractivity contribution >= 4 is 11.6 Å². The molecule has 0 spiro atoms. The standard InChI is InChI=1S/C11H15FN2O2/c1-2-14-11(15)5-6-16-10-4-3-8(12)7-9(10)13/h3-4,7H,2,5-6,13H2,1H3,(H,14,15). The molecular weight excluding hydrogens is 211 g/mol. The molecule has 1 amide bonds. The largest absolute Gasteiger partial charge is 0.491 e. The predicted molar refractivity (Wildman–Crippen MR) is 59.6 cm³/mol. The highest BCUT2D eigenvalue weighted by Gasteiger charge is 2.03. The molecule has 5 heteroatoms. The molecule has 0 unspecified atom stereocenters. The molecule has 0 aliphatic rings. The Bertz CT molecular complexity index is 369. The lowest BCUT2D eigenvalue weighted by atomic mass is 10.3. The molecule has 3 N–H and O–H groups in total. The van der Waals surface area contributed by atoms with E-state index in [-0.39, 0.29) is 24.6 Å². The van der Waals surface area contributed by atoms with Gasteiger partial charge in [-0.1, -0.05) is 0 Å². The molecule has 0 aliphatic heterocycles. The molecule has 4 nitrogen and oxygen atoms in total. The van der Waals surface area contributed by atoms with E-state index in [4.69, 9.17) is 10.5 Å². The van der Waals surface area contributed by atoms with Crippen LogP contribution in [0.1, 0.15) is 13.3 Å². The van der Waals surface area contributed by atoms with Crippen molar-refractivity contribution < 1.29 is 13.9 Å². The minimum Gasteiger partial charge on any atom is -0.491 e. The lowest BCUT2D eigenvalue weighted by molar-refractivity contribution is -0.121. The van der Waals surface area contributed by atoms with E-state index in [0.29, 0.717) is 12.3 Å². The van der Waals surface area contributed by atoms with Crippen LogP contribution in [0.4, 0.5) is 10.1 Å². The van der Waals surface area contributed by atoms with E-state index < -0.39 is 5.82 Å². The van der Waals surface area contributed by atoms with Crippen LogP contribution in [0.5, 0.6) is 5.75 Å². The van der Waals surface area contributed by atoms with Crippen LogP contribution in [0.2, 0.25) is 0 Å². The molecule has 0 radical (unpaired) electrons. The van der Waals surface area contributed by atoms with Gasteiger partial charge in [0.1, 0.15) is 11.6 Å². The fourth-order valence-corrected chi connectivity index (χ4v) is 1.19. The van der Waals surface area contributed by atoms with Crippen molar-refractivity contribution in [1.29, 1.82) is 0 Å². The maximum Gasteiger partial charge on any atom is 0.223 e. The maximum atomic E-state index is 12.7. The number of nitrogens with one attached hydrogen (secondary N) is 1. The van der Waals surface area contributed by atoms with Gasteiger partial charge in [-0.3, -0.25) is 4.79 Å². The van der Waals surface area contributed by atoms with Crippen LogP contribution in [0.3, 0.4) is 0 Å². The Morgan fingerprint density at radius 2 is 2.31 bits per heavy atom. The van der Waals surface area contributed by atoms with Crippen LogP contribution in [0.15, 0.2) is 18.2 Å². The Kier molecular flexibility index (Phi) is 4.57. The number of nitrogen functional groups attached to an aromatic ring is 1. The Balaban J connectivity index is 2.40. The minimum atomic E-state index is -0.409. The van der Waals surface area contributed by atoms with Gasteiger partial charge in [0, 0.05) is 12.6 Å². The number of carbonyl (C=O) groups excluding carboxylic acids is 1. The maximum absolute atomic E-state index is 12.7. The second-order valence-corrected chi connectivity index (χ2v) is 3.23. The Morgan fingerprint density at radius 1 is 1.56 bits per heavy atom. The summed E-state index contributed by atoms with van der Waals surface area (Å²) in [5, 5.41) is 2.65. The van der Waals surface area contributed by atoms with Crippen molar-refractivity contribution in [2.45, 2.75) is 13.3 Å². The molecule has 0 saturated carbocycles. The molecular formula is C11H15FN2O2. The van der Waals surface area contributed by atoms with Crippen LogP contribution >= 0.6 is 0 Å². The number of carbonyl (C=O) groups is 1. The molecule has 88 valence electrons. The molecule has 1 rings (SSSR count). The van der Waals surface area contributed by atoms with Gasteiger partial charge >= 0.3 is 0 Å². The molecule has 0 aliphatic carbocycles. The second-order valence-electron chi connectivity index (χ2n) is 3.23. The third kappa shape index (κ3) is 3.76. The van der Waals surface area contributed by atoms with E-state index in [1.54, 1.807) is 0 Å². The molecule has 16 heavy (non-hydrogen) atoms. The normalized spacial score (nSPS) is 9.88. The predicted octanol–water partition coefficient (Wildman–Crippen LogP) is 1.31. The number of hydrogen-bond acceptors (Lipinski definition) is 3. The van der Waals surface area contributed by atoms with Gasteiger partial charge in [-0.2, -0.15) is 0 Å². The van der Waals surface area contributed by atoms with Crippen molar-refractivity contribution in [3.8, 4) is 5.75 Å². The minimum absolute atomic E-state index is 0.0804. The second kappa shape index (κ2) is 5.95. The summed E-state index contributed by atoms with van der Waals surface area (Å²) in [6.07, 6.45) is 0.255. The summed E-state index contributed by atoms with van der Waals surface area (Å²) in [6, 6.07) is 3.89. The zero-order valence-corrected chi connectivity index (χ0v) is 9.13. The zero-order chi connectivity index (χ0) is 12.0. The lowest BCUT2D eigenvalue weighted by Crippen LogP contribution is -2.24. The molecule has 0 heterocycles. The highest BCUT2D eigenvalue weighted by molar-refractivity contribution is 5.75. The average molecular weight is 226 g/mol. The van der Waals surface area contributed by atoms with E-state index in [2.05, 4.69) is 5.32 Å². The van der Waals surface area contributed by atoms with Crippen molar-refractivity contribution in [3.05, 3.63) is 24.0 Å². The first-order valence-electron chi connectivity index (χ1n) is 5.08. The topological polar surface area (TPSA) is 64.3 Å². The SMILES string of the molecule is CCNC(=O)CCOc1ccc(F)cc1N. The van der Waals surface area contributed by atoms with Gasteiger partial charge in [0.05, 0.1) is 18.7 Å². The van der Waals surface area contributed by atoms with Crippen molar-refractivity contribution in [2.75, 3.05) is 18.9 Å². The molecule has 0 saturated heterocycles. The van der Waals surface area contributed by atoms with Gasteiger partial charge in [-0.05, 0) is 19.1 Å². The fourth-order valence-electron chi connectivity index (χ4n) is 1.19. The summed E-state index contributed by atoms with van der Waals surface area (Å²) in [5.41, 5.74) is 5.76. The van der Waals surface area contributed by atoms with Gasteiger partial charge in [0.15, 0.2) is 0 Å². The number of nitrogens with two attached hydrogens (primary N) is 1. The van der Waals surface area contributed by atoms with E-state index in [0.717, 1.165) is 0 Å². The van der Waals surface area contributed by atoms with Crippen molar-refractivity contribution in [3.63, 3.8) is 0 Å². The van der Waals surface area contributed by atoms with Gasteiger partial charge in [-0.15, -0.1) is 0 Å². The first-order valence-corrected chi connectivity index (χ1v) is 5.08. The molecule has 1 aromatic carbocycles. The molecule has 0 atom stereocenters. The monoisotopic (exact) mass is 226 g/mol. The van der Waals surface area contributed by atoms with Gasteiger partial charge in [-0.25, -0.2) is 4.39 Å². The number of benzene rings is 1. The van der Waals surface area contributed by atoms with E-state index in [9.17, 15) is 9.18 Å². The number of anilines is 1. The van der Waals surface area contributed by atoms with Crippen LogP contribution in [0, 0.1) is 5.82 Å². The van der Waals surface area contributed by atoms with Crippen LogP contribution in [-0.4, -0.2) is 19.1 Å². The van der Waals surface area contributed by atoms with Crippen molar-refractivity contribution in [2.24, 2.45) is 0 Å². The van der Waals surface area contributed by atoms with Crippen LogP contribution in [-0.2, 0) is 4.79 Å². The van der Waals surface area contributed by atoms with Crippen molar-refractivity contribution in [1.82, 2.24) is 5.32 Å². The quantitative estimate of drug-likeness (QED) is 0.744. The molecule has 0 bridgehead atoms. The highest BCUT2D eigenvalue weighted by Crippen LogP contribution is 2.21. The van der Waals surface area contributed by atoms with Crippen LogP contribution < -0.4 is 15.8 Å². The first-order chi connectivity index (χ1) is 7.63. The number of amides is 1. The molecule has 1 aromatic rings. The van der Waals surface area contributed by atoms with Gasteiger partial charge in [0.25, 0.3) is 0 Å². The summed E-state index contributed by atoms with van der Waals surface area (Å²) in [4.78, 5) is 11.1. The zero-order valence-electron chi connectivity index (χ0n) is 9.13. The average Bonchev–Trinajstić information content (AvgIpc) is 2.22. The number of halogens is 1. The molecule has 0 fully saturated rings. The third-order valence-corrected chi connectivity index (χ3v) is 1.93.